The van der Waals surface area contributed by atoms with E-state index in [0.717, 1.165) is 12.1 Å². The van der Waals surface area contributed by atoms with Crippen molar-refractivity contribution in [3.05, 3.63) is 79.9 Å². The topological polar surface area (TPSA) is 171 Å². The standard InChI is InChI=1S/C24H25N3O9/c1-4-35-22(28)19-14(3)25-24(30,16-9-11-17(12-10-16)26(31)32)21(23(29)36-5-2)20(19)15-7-6-8-18(13-15)27(33)34/h6-13,19-21,30H,4-5H2,1-3H3. The van der Waals surface area contributed by atoms with Gasteiger partial charge < -0.3 is 14.6 Å². The fourth-order valence-electron chi connectivity index (χ4n) is 4.51. The lowest BCUT2D eigenvalue weighted by Crippen LogP contribution is -2.52. The van der Waals surface area contributed by atoms with Gasteiger partial charge in [0.25, 0.3) is 11.4 Å². The lowest BCUT2D eigenvalue weighted by atomic mass is 9.66. The molecule has 2 aromatic carbocycles. The van der Waals surface area contributed by atoms with Crippen LogP contribution in [0.1, 0.15) is 37.8 Å². The lowest BCUT2D eigenvalue weighted by molar-refractivity contribution is -0.385. The molecule has 2 aromatic rings. The molecule has 3 rings (SSSR count). The van der Waals surface area contributed by atoms with Gasteiger partial charge in [-0.2, -0.15) is 0 Å². The van der Waals surface area contributed by atoms with Crippen LogP contribution in [0.15, 0.2) is 53.5 Å². The largest absolute Gasteiger partial charge is 0.466 e. The van der Waals surface area contributed by atoms with Gasteiger partial charge in [-0.3, -0.25) is 34.8 Å². The van der Waals surface area contributed by atoms with Crippen molar-refractivity contribution in [1.82, 2.24) is 0 Å². The highest BCUT2D eigenvalue weighted by Gasteiger charge is 2.57. The lowest BCUT2D eigenvalue weighted by Gasteiger charge is -2.43. The quantitative estimate of drug-likeness (QED) is 0.325. The number of ether oxygens (including phenoxy) is 2. The van der Waals surface area contributed by atoms with Gasteiger partial charge in [0.15, 0.2) is 5.72 Å². The van der Waals surface area contributed by atoms with E-state index in [-0.39, 0.29) is 41.4 Å². The third-order valence-electron chi connectivity index (χ3n) is 6.00. The van der Waals surface area contributed by atoms with Crippen LogP contribution in [0.5, 0.6) is 0 Å². The second kappa shape index (κ2) is 10.6. The monoisotopic (exact) mass is 499 g/mol. The van der Waals surface area contributed by atoms with Crippen molar-refractivity contribution >= 4 is 29.0 Å². The van der Waals surface area contributed by atoms with Gasteiger partial charge in [-0.15, -0.1) is 0 Å². The van der Waals surface area contributed by atoms with Gasteiger partial charge in [-0.05, 0) is 38.5 Å². The number of aliphatic imine (C=N–C) groups is 1. The summed E-state index contributed by atoms with van der Waals surface area (Å²) < 4.78 is 10.5. The number of hydrogen-bond donors (Lipinski definition) is 1. The Bertz CT molecular complexity index is 1210. The second-order valence-corrected chi connectivity index (χ2v) is 8.12. The minimum Gasteiger partial charge on any atom is -0.466 e. The molecule has 4 atom stereocenters. The molecule has 0 spiro atoms. The van der Waals surface area contributed by atoms with Crippen LogP contribution >= 0.6 is 0 Å². The first-order chi connectivity index (χ1) is 17.0. The SMILES string of the molecule is CCOC(=O)C1C(C)=NC(O)(c2ccc([N+](=O)[O-])cc2)C(C(=O)OCC)C1c1cccc([N+](=O)[O-])c1. The Balaban J connectivity index is 2.32. The number of nitrogens with zero attached hydrogens (tertiary/aromatic N) is 3. The number of nitro benzene ring substituents is 2. The molecule has 12 heteroatoms. The molecule has 0 saturated heterocycles. The summed E-state index contributed by atoms with van der Waals surface area (Å²) >= 11 is 0. The van der Waals surface area contributed by atoms with Crippen LogP contribution in [0.4, 0.5) is 11.4 Å². The van der Waals surface area contributed by atoms with E-state index in [4.69, 9.17) is 9.47 Å². The fourth-order valence-corrected chi connectivity index (χ4v) is 4.51. The Kier molecular flexibility index (Phi) is 7.78. The summed E-state index contributed by atoms with van der Waals surface area (Å²) in [5.74, 6) is -5.50. The molecule has 0 amide bonds. The summed E-state index contributed by atoms with van der Waals surface area (Å²) in [6, 6.07) is 10.2. The van der Waals surface area contributed by atoms with Gasteiger partial charge >= 0.3 is 11.9 Å². The Hall–Kier alpha value is -4.19. The van der Waals surface area contributed by atoms with Crippen LogP contribution in [0.2, 0.25) is 0 Å². The maximum atomic E-state index is 13.4. The van der Waals surface area contributed by atoms with Crippen LogP contribution in [0, 0.1) is 32.1 Å². The van der Waals surface area contributed by atoms with Crippen LogP contribution in [-0.2, 0) is 24.8 Å². The average Bonchev–Trinajstić information content (AvgIpc) is 2.83. The first-order valence-electron chi connectivity index (χ1n) is 11.2. The molecular formula is C24H25N3O9. The molecule has 0 radical (unpaired) electrons. The Morgan fingerprint density at radius 1 is 0.972 bits per heavy atom. The molecule has 0 aromatic heterocycles. The summed E-state index contributed by atoms with van der Waals surface area (Å²) in [5, 5.41) is 34.5. The normalized spacial score (nSPS) is 23.3. The number of benzene rings is 2. The third kappa shape index (κ3) is 4.93. The number of aliphatic hydroxyl groups is 1. The number of hydrogen-bond acceptors (Lipinski definition) is 10. The van der Waals surface area contributed by atoms with Crippen LogP contribution in [0.25, 0.3) is 0 Å². The molecule has 36 heavy (non-hydrogen) atoms. The van der Waals surface area contributed by atoms with E-state index in [1.54, 1.807) is 13.8 Å². The first-order valence-corrected chi connectivity index (χ1v) is 11.2. The number of nitro groups is 2. The molecule has 4 unspecified atom stereocenters. The molecular weight excluding hydrogens is 474 g/mol. The summed E-state index contributed by atoms with van der Waals surface area (Å²) in [5.41, 5.74) is -2.45. The summed E-state index contributed by atoms with van der Waals surface area (Å²) in [6.45, 7) is 4.61. The molecule has 1 aliphatic rings. The van der Waals surface area contributed by atoms with Gasteiger partial charge in [0, 0.05) is 41.5 Å². The molecule has 1 aliphatic heterocycles. The maximum Gasteiger partial charge on any atom is 0.315 e. The number of non-ortho nitro benzene ring substituents is 2. The Morgan fingerprint density at radius 2 is 1.56 bits per heavy atom. The highest BCUT2D eigenvalue weighted by atomic mass is 16.6. The number of carbonyl (C=O) groups excluding carboxylic acids is 2. The Morgan fingerprint density at radius 3 is 2.11 bits per heavy atom. The van der Waals surface area contributed by atoms with E-state index in [0.29, 0.717) is 0 Å². The minimum atomic E-state index is -2.30. The van der Waals surface area contributed by atoms with E-state index < -0.39 is 45.3 Å². The van der Waals surface area contributed by atoms with E-state index in [1.165, 1.54) is 43.3 Å². The fraction of sp³-hybridized carbons (Fsp3) is 0.375. The van der Waals surface area contributed by atoms with Gasteiger partial charge in [0.05, 0.1) is 23.1 Å². The summed E-state index contributed by atoms with van der Waals surface area (Å²) in [6.07, 6.45) is 0. The third-order valence-corrected chi connectivity index (χ3v) is 6.00. The average molecular weight is 499 g/mol. The summed E-state index contributed by atoms with van der Waals surface area (Å²) in [4.78, 5) is 52.1. The van der Waals surface area contributed by atoms with Gasteiger partial charge in [0.1, 0.15) is 11.8 Å². The highest BCUT2D eigenvalue weighted by molar-refractivity contribution is 6.04. The van der Waals surface area contributed by atoms with Crippen molar-refractivity contribution in [3.8, 4) is 0 Å². The second-order valence-electron chi connectivity index (χ2n) is 8.12. The number of rotatable bonds is 8. The van der Waals surface area contributed by atoms with E-state index in [9.17, 15) is 34.9 Å². The molecule has 0 bridgehead atoms. The van der Waals surface area contributed by atoms with Gasteiger partial charge in [-0.25, -0.2) is 0 Å². The van der Waals surface area contributed by atoms with E-state index >= 15 is 0 Å². The molecule has 1 N–H and O–H groups in total. The molecule has 1 heterocycles. The van der Waals surface area contributed by atoms with Gasteiger partial charge in [0.2, 0.25) is 0 Å². The minimum absolute atomic E-state index is 0.0287. The molecule has 190 valence electrons. The van der Waals surface area contributed by atoms with Crippen molar-refractivity contribution in [2.75, 3.05) is 13.2 Å². The van der Waals surface area contributed by atoms with Crippen LogP contribution in [0.3, 0.4) is 0 Å². The zero-order chi connectivity index (χ0) is 26.6. The zero-order valence-electron chi connectivity index (χ0n) is 19.8. The van der Waals surface area contributed by atoms with Crippen LogP contribution < -0.4 is 0 Å². The predicted molar refractivity (Wildman–Crippen MR) is 126 cm³/mol. The summed E-state index contributed by atoms with van der Waals surface area (Å²) in [7, 11) is 0. The predicted octanol–water partition coefficient (Wildman–Crippen LogP) is 3.27. The van der Waals surface area contributed by atoms with Crippen molar-refractivity contribution in [3.63, 3.8) is 0 Å². The van der Waals surface area contributed by atoms with E-state index in [2.05, 4.69) is 4.99 Å². The molecule has 0 fully saturated rings. The van der Waals surface area contributed by atoms with Crippen molar-refractivity contribution < 1.29 is 34.0 Å². The maximum absolute atomic E-state index is 13.4. The number of carbonyl (C=O) groups is 2. The van der Waals surface area contributed by atoms with Crippen molar-refractivity contribution in [1.29, 1.82) is 0 Å². The smallest absolute Gasteiger partial charge is 0.315 e. The van der Waals surface area contributed by atoms with Crippen molar-refractivity contribution in [2.24, 2.45) is 16.8 Å². The Labute approximate surface area is 205 Å². The molecule has 0 aliphatic carbocycles. The van der Waals surface area contributed by atoms with Gasteiger partial charge in [-0.1, -0.05) is 12.1 Å². The van der Waals surface area contributed by atoms with Crippen molar-refractivity contribution in [2.45, 2.75) is 32.4 Å². The molecule has 0 saturated carbocycles. The molecule has 12 nitrogen and oxygen atoms in total. The van der Waals surface area contributed by atoms with E-state index in [1.807, 2.05) is 0 Å². The highest BCUT2D eigenvalue weighted by Crippen LogP contribution is 2.50. The first kappa shape index (κ1) is 26.4. The number of esters is 2. The zero-order valence-corrected chi connectivity index (χ0v) is 19.8. The van der Waals surface area contributed by atoms with Crippen LogP contribution in [-0.4, -0.2) is 45.8 Å².